The molecule has 0 bridgehead atoms. The van der Waals surface area contributed by atoms with E-state index in [1.165, 1.54) is 14.2 Å². The molecule has 2 aliphatic rings. The number of hydrogen-bond donors (Lipinski definition) is 4. The van der Waals surface area contributed by atoms with Gasteiger partial charge in [0, 0.05) is 29.2 Å². The molecule has 2 aliphatic heterocycles. The lowest BCUT2D eigenvalue weighted by Crippen LogP contribution is -2.51. The van der Waals surface area contributed by atoms with E-state index in [2.05, 4.69) is 32.7 Å². The number of halogens is 1. The zero-order valence-corrected chi connectivity index (χ0v) is 37.0. The van der Waals surface area contributed by atoms with Crippen LogP contribution in [0.5, 0.6) is 0 Å². The van der Waals surface area contributed by atoms with Crippen LogP contribution in [-0.4, -0.2) is 116 Å². The highest BCUT2D eigenvalue weighted by Crippen LogP contribution is 2.40. The third-order valence-electron chi connectivity index (χ3n) is 11.1. The largest absolute Gasteiger partial charge is 0.453 e. The van der Waals surface area contributed by atoms with Gasteiger partial charge in [0.05, 0.1) is 38.2 Å². The third-order valence-corrected chi connectivity index (χ3v) is 13.4. The van der Waals surface area contributed by atoms with E-state index in [1.807, 2.05) is 81.5 Å². The zero-order chi connectivity index (χ0) is 42.5. The van der Waals surface area contributed by atoms with Crippen LogP contribution in [0.4, 0.5) is 9.59 Å². The first-order valence-electron chi connectivity index (χ1n) is 19.6. The molecule has 316 valence electrons. The lowest BCUT2D eigenvalue weighted by Gasteiger charge is -2.30. The van der Waals surface area contributed by atoms with E-state index >= 15 is 0 Å². The molecule has 59 heavy (non-hydrogen) atoms. The Labute approximate surface area is 358 Å². The fourth-order valence-corrected chi connectivity index (χ4v) is 9.35. The second kappa shape index (κ2) is 19.1. The highest BCUT2D eigenvalue weighted by atomic mass is 35.5. The number of aromatic amines is 2. The van der Waals surface area contributed by atoms with Crippen LogP contribution in [0.25, 0.3) is 33.6 Å². The Balaban J connectivity index is 1.16. The van der Waals surface area contributed by atoms with Crippen LogP contribution in [-0.2, 0) is 19.1 Å². The maximum atomic E-state index is 13.8. The van der Waals surface area contributed by atoms with Gasteiger partial charge in [-0.15, -0.1) is 0 Å². The van der Waals surface area contributed by atoms with E-state index in [-0.39, 0.29) is 46.2 Å². The number of benzene rings is 2. The molecule has 4 N–H and O–H groups in total. The molecule has 14 nitrogen and oxygen atoms in total. The van der Waals surface area contributed by atoms with Gasteiger partial charge in [-0.3, -0.25) is 9.59 Å². The number of likely N-dealkylation sites (tertiary alicyclic amines) is 2. The summed E-state index contributed by atoms with van der Waals surface area (Å²) >= 11 is 10.2. The predicted molar refractivity (Wildman–Crippen MR) is 233 cm³/mol. The lowest BCUT2D eigenvalue weighted by molar-refractivity contribution is -0.136. The molecule has 4 heterocycles. The number of carbonyl (C=O) groups is 4. The molecule has 2 aromatic carbocycles. The Hall–Kier alpha value is -4.67. The second-order valence-electron chi connectivity index (χ2n) is 15.5. The van der Waals surface area contributed by atoms with Crippen LogP contribution in [0, 0.1) is 11.8 Å². The summed E-state index contributed by atoms with van der Waals surface area (Å²) in [7, 11) is 2.57. The molecule has 0 spiro atoms. The molecule has 2 aromatic heterocycles. The maximum absolute atomic E-state index is 13.8. The molecule has 0 saturated carbocycles. The molecule has 0 aliphatic carbocycles. The fraction of sp³-hybridized carbons (Fsp3) is 0.476. The van der Waals surface area contributed by atoms with Crippen molar-refractivity contribution in [3.05, 3.63) is 71.5 Å². The van der Waals surface area contributed by atoms with Crippen LogP contribution < -0.4 is 10.6 Å². The molecular weight excluding hydrogens is 812 g/mol. The first-order chi connectivity index (χ1) is 28.3. The number of thioether (sulfide) groups is 2. The Kier molecular flexibility index (Phi) is 14.2. The summed E-state index contributed by atoms with van der Waals surface area (Å²) in [6.07, 6.45) is 6.02. The summed E-state index contributed by atoms with van der Waals surface area (Å²) in [6, 6.07) is 14.1. The fourth-order valence-electron chi connectivity index (χ4n) is 7.73. The topological polar surface area (TPSA) is 175 Å². The molecule has 6 atom stereocenters. The first kappa shape index (κ1) is 43.9. The SMILES string of the molecule is COC(=O)N[C@H](C(=O)N1C[C@@H](SC)C[C@H]1c1ncc(-c2ccc(-c3ccc(-c4nc([C@@H]5C[C@H](SC)CN5C(=O)[C@@H](NC(=O)OC)C(C)C)[nH]c4Cl)cc3)cc2)[nH]1)C(C)C. The highest BCUT2D eigenvalue weighted by Gasteiger charge is 2.43. The standard InChI is InChI=1S/C42H53ClN8O6S2/c1-22(2)33(47-41(54)56-5)39(52)50-20-28(58-7)17-31(50)37-44-19-30(45-37)26-13-9-24(10-14-26)25-11-15-27(16-12-25)35-36(43)49-38(46-35)32-18-29(59-8)21-51(32)40(53)34(23(3)4)48-42(55)57-6/h9-16,19,22-23,28-29,31-34H,17-18,20-21H2,1-8H3,(H,44,45)(H,46,49)(H,47,54)(H,48,55)/t28-,29-,31-,32-,33-,34-/m0/s1. The van der Waals surface area contributed by atoms with Crippen molar-refractivity contribution in [2.45, 2.75) is 75.2 Å². The van der Waals surface area contributed by atoms with Crippen LogP contribution in [0.15, 0.2) is 54.7 Å². The van der Waals surface area contributed by atoms with Gasteiger partial charge >= 0.3 is 12.2 Å². The van der Waals surface area contributed by atoms with Gasteiger partial charge in [0.15, 0.2) is 0 Å². The number of hydrogen-bond acceptors (Lipinski definition) is 10. The van der Waals surface area contributed by atoms with Gasteiger partial charge in [-0.2, -0.15) is 23.5 Å². The van der Waals surface area contributed by atoms with E-state index < -0.39 is 24.3 Å². The van der Waals surface area contributed by atoms with Crippen molar-refractivity contribution < 1.29 is 28.7 Å². The number of rotatable bonds is 13. The smallest absolute Gasteiger partial charge is 0.407 e. The van der Waals surface area contributed by atoms with Crippen molar-refractivity contribution >= 4 is 59.1 Å². The van der Waals surface area contributed by atoms with Gasteiger partial charge in [0.1, 0.15) is 34.6 Å². The number of methoxy groups -OCH3 is 2. The molecular formula is C42H53ClN8O6S2. The summed E-state index contributed by atoms with van der Waals surface area (Å²) in [6.45, 7) is 8.66. The van der Waals surface area contributed by atoms with Gasteiger partial charge in [-0.25, -0.2) is 19.6 Å². The van der Waals surface area contributed by atoms with Gasteiger partial charge in [-0.05, 0) is 53.9 Å². The monoisotopic (exact) mass is 864 g/mol. The second-order valence-corrected chi connectivity index (χ2v) is 18.2. The molecule has 2 fully saturated rings. The summed E-state index contributed by atoms with van der Waals surface area (Å²) < 4.78 is 9.58. The van der Waals surface area contributed by atoms with Crippen molar-refractivity contribution in [2.24, 2.45) is 11.8 Å². The predicted octanol–water partition coefficient (Wildman–Crippen LogP) is 7.56. The number of alkyl carbamates (subject to hydrolysis) is 2. The summed E-state index contributed by atoms with van der Waals surface area (Å²) in [5.74, 6) is 0.684. The average Bonchev–Trinajstić information content (AvgIpc) is 4.06. The Morgan fingerprint density at radius 3 is 1.59 bits per heavy atom. The number of amides is 4. The number of nitrogens with zero attached hydrogens (tertiary/aromatic N) is 4. The molecule has 2 saturated heterocycles. The van der Waals surface area contributed by atoms with Crippen molar-refractivity contribution in [3.63, 3.8) is 0 Å². The number of carbonyl (C=O) groups excluding carboxylic acids is 4. The van der Waals surface area contributed by atoms with Crippen LogP contribution in [0.1, 0.15) is 64.3 Å². The minimum atomic E-state index is -0.746. The number of imidazole rings is 2. The summed E-state index contributed by atoms with van der Waals surface area (Å²) in [5, 5.41) is 6.24. The molecule has 4 amide bonds. The van der Waals surface area contributed by atoms with Crippen LogP contribution >= 0.6 is 35.1 Å². The third kappa shape index (κ3) is 9.70. The Morgan fingerprint density at radius 1 is 0.712 bits per heavy atom. The normalized spacial score (nSPS) is 20.2. The van der Waals surface area contributed by atoms with E-state index in [4.69, 9.17) is 31.0 Å². The van der Waals surface area contributed by atoms with Crippen molar-refractivity contribution in [1.29, 1.82) is 0 Å². The van der Waals surface area contributed by atoms with E-state index in [9.17, 15) is 19.2 Å². The minimum Gasteiger partial charge on any atom is -0.453 e. The van der Waals surface area contributed by atoms with Crippen LogP contribution in [0.2, 0.25) is 5.15 Å². The van der Waals surface area contributed by atoms with Crippen molar-refractivity contribution in [3.8, 4) is 33.6 Å². The summed E-state index contributed by atoms with van der Waals surface area (Å²) in [4.78, 5) is 71.8. The average molecular weight is 866 g/mol. The van der Waals surface area contributed by atoms with E-state index in [1.54, 1.807) is 34.6 Å². The first-order valence-corrected chi connectivity index (χ1v) is 22.6. The van der Waals surface area contributed by atoms with E-state index in [0.717, 1.165) is 34.4 Å². The molecule has 6 rings (SSSR count). The minimum absolute atomic E-state index is 0.129. The quantitative estimate of drug-likeness (QED) is 0.105. The van der Waals surface area contributed by atoms with Gasteiger partial charge in [0.2, 0.25) is 11.8 Å². The maximum Gasteiger partial charge on any atom is 0.407 e. The van der Waals surface area contributed by atoms with Gasteiger partial charge in [-0.1, -0.05) is 87.8 Å². The highest BCUT2D eigenvalue weighted by molar-refractivity contribution is 7.99. The Bertz CT molecular complexity index is 2110. The van der Waals surface area contributed by atoms with Crippen molar-refractivity contribution in [1.82, 2.24) is 40.4 Å². The Morgan fingerprint density at radius 2 is 1.15 bits per heavy atom. The number of nitrogens with one attached hydrogen (secondary N) is 4. The zero-order valence-electron chi connectivity index (χ0n) is 34.6. The van der Waals surface area contributed by atoms with Gasteiger partial charge in [0.25, 0.3) is 0 Å². The molecule has 0 unspecified atom stereocenters. The van der Waals surface area contributed by atoms with Gasteiger partial charge < -0.3 is 39.9 Å². The number of aromatic nitrogens is 4. The lowest BCUT2D eigenvalue weighted by atomic mass is 10.0. The molecule has 17 heteroatoms. The molecule has 4 aromatic rings. The van der Waals surface area contributed by atoms with Crippen molar-refractivity contribution in [2.75, 3.05) is 39.8 Å². The van der Waals surface area contributed by atoms with Crippen LogP contribution in [0.3, 0.4) is 0 Å². The number of ether oxygens (including phenoxy) is 2. The summed E-state index contributed by atoms with van der Waals surface area (Å²) in [5.41, 5.74) is 5.24. The van der Waals surface area contributed by atoms with E-state index in [0.29, 0.717) is 42.0 Å². The number of H-pyrrole nitrogens is 2. The molecule has 0 radical (unpaired) electrons.